The van der Waals surface area contributed by atoms with Gasteiger partial charge in [-0.3, -0.25) is 0 Å². The lowest BCUT2D eigenvalue weighted by Crippen LogP contribution is -2.47. The van der Waals surface area contributed by atoms with Crippen LogP contribution in [0.25, 0.3) is 0 Å². The molecule has 27 heavy (non-hydrogen) atoms. The summed E-state index contributed by atoms with van der Waals surface area (Å²) in [5.41, 5.74) is 2.81. The molecule has 4 heteroatoms. The summed E-state index contributed by atoms with van der Waals surface area (Å²) in [6.07, 6.45) is 4.44. The van der Waals surface area contributed by atoms with Crippen LogP contribution in [0.2, 0.25) is 16.6 Å². The molecule has 1 aromatic carbocycles. The third-order valence-electron chi connectivity index (χ3n) is 5.94. The largest absolute Gasteiger partial charge is 0.412 e. The molecule has 0 aliphatic carbocycles. The lowest BCUT2D eigenvalue weighted by Gasteiger charge is -2.41. The molecule has 0 aromatic heterocycles. The van der Waals surface area contributed by atoms with E-state index in [-0.39, 0.29) is 11.7 Å². The molecule has 1 fully saturated rings. The van der Waals surface area contributed by atoms with E-state index >= 15 is 0 Å². The molecule has 0 spiro atoms. The Kier molecular flexibility index (Phi) is 7.87. The van der Waals surface area contributed by atoms with Crippen LogP contribution in [0, 0.1) is 0 Å². The number of hydrogen-bond donors (Lipinski definition) is 0. The molecule has 3 nitrogen and oxygen atoms in total. The van der Waals surface area contributed by atoms with Crippen LogP contribution in [0.1, 0.15) is 54.0 Å². The van der Waals surface area contributed by atoms with Crippen LogP contribution in [-0.4, -0.2) is 33.2 Å². The van der Waals surface area contributed by atoms with E-state index in [4.69, 9.17) is 13.9 Å². The Bertz CT molecular complexity index is 575. The molecular weight excluding hydrogens is 352 g/mol. The van der Waals surface area contributed by atoms with Crippen molar-refractivity contribution in [1.82, 2.24) is 0 Å². The second-order valence-electron chi connectivity index (χ2n) is 8.82. The van der Waals surface area contributed by atoms with Crippen molar-refractivity contribution < 1.29 is 13.9 Å². The zero-order chi connectivity index (χ0) is 20.1. The van der Waals surface area contributed by atoms with Crippen LogP contribution >= 0.6 is 0 Å². The standard InChI is InChI=1S/C23H38O3Si/c1-18(2)27(19(3)4,20(5)6)25-15-11-14-23(7)22(26-23)17-24-16-21-12-9-8-10-13-21/h8-14,18-20,22H,15-17H2,1-7H3/b14-11-/t22?,23-/m0/s1. The van der Waals surface area contributed by atoms with E-state index in [1.807, 2.05) is 18.2 Å². The minimum Gasteiger partial charge on any atom is -0.412 e. The monoisotopic (exact) mass is 390 g/mol. The summed E-state index contributed by atoms with van der Waals surface area (Å²) in [6.45, 7) is 18.0. The number of epoxide rings is 1. The van der Waals surface area contributed by atoms with Crippen molar-refractivity contribution in [2.24, 2.45) is 0 Å². The fourth-order valence-electron chi connectivity index (χ4n) is 4.45. The van der Waals surface area contributed by atoms with E-state index in [1.54, 1.807) is 0 Å². The molecule has 1 heterocycles. The minimum absolute atomic E-state index is 0.139. The number of rotatable bonds is 11. The Morgan fingerprint density at radius 3 is 2.19 bits per heavy atom. The molecule has 1 aliphatic heterocycles. The Balaban J connectivity index is 1.79. The van der Waals surface area contributed by atoms with Gasteiger partial charge in [0.05, 0.1) is 19.8 Å². The van der Waals surface area contributed by atoms with Crippen LogP contribution in [0.4, 0.5) is 0 Å². The molecular formula is C23H38O3Si. The first-order chi connectivity index (χ1) is 12.7. The van der Waals surface area contributed by atoms with E-state index in [9.17, 15) is 0 Å². The predicted octanol–water partition coefficient (Wildman–Crippen LogP) is 6.11. The average molecular weight is 391 g/mol. The molecule has 2 atom stereocenters. The van der Waals surface area contributed by atoms with Gasteiger partial charge in [0.25, 0.3) is 0 Å². The van der Waals surface area contributed by atoms with Crippen LogP contribution in [0.5, 0.6) is 0 Å². The zero-order valence-electron chi connectivity index (χ0n) is 18.2. The van der Waals surface area contributed by atoms with Gasteiger partial charge >= 0.3 is 0 Å². The number of ether oxygens (including phenoxy) is 2. The van der Waals surface area contributed by atoms with E-state index in [0.29, 0.717) is 36.4 Å². The zero-order valence-corrected chi connectivity index (χ0v) is 19.2. The lowest BCUT2D eigenvalue weighted by atomic mass is 10.1. The van der Waals surface area contributed by atoms with Gasteiger partial charge in [-0.2, -0.15) is 0 Å². The lowest BCUT2D eigenvalue weighted by molar-refractivity contribution is 0.104. The average Bonchev–Trinajstić information content (AvgIpc) is 3.25. The highest BCUT2D eigenvalue weighted by atomic mass is 28.4. The van der Waals surface area contributed by atoms with E-state index in [0.717, 1.165) is 0 Å². The molecule has 2 rings (SSSR count). The Morgan fingerprint density at radius 1 is 1.04 bits per heavy atom. The minimum atomic E-state index is -1.80. The molecule has 1 saturated heterocycles. The summed E-state index contributed by atoms with van der Waals surface area (Å²) in [5.74, 6) is 0. The van der Waals surface area contributed by atoms with Crippen LogP contribution < -0.4 is 0 Å². The number of hydrogen-bond acceptors (Lipinski definition) is 3. The molecule has 0 amide bonds. The van der Waals surface area contributed by atoms with Gasteiger partial charge in [-0.1, -0.05) is 84.0 Å². The maximum Gasteiger partial charge on any atom is 0.200 e. The first-order valence-electron chi connectivity index (χ1n) is 10.3. The van der Waals surface area contributed by atoms with Gasteiger partial charge < -0.3 is 13.9 Å². The van der Waals surface area contributed by atoms with Gasteiger partial charge in [0.15, 0.2) is 0 Å². The van der Waals surface area contributed by atoms with E-state index < -0.39 is 8.32 Å². The first-order valence-corrected chi connectivity index (χ1v) is 12.5. The molecule has 1 aromatic rings. The third kappa shape index (κ3) is 5.54. The fraction of sp³-hybridized carbons (Fsp3) is 0.652. The van der Waals surface area contributed by atoms with Crippen LogP contribution in [-0.2, 0) is 20.5 Å². The van der Waals surface area contributed by atoms with E-state index in [2.05, 4.69) is 72.8 Å². The third-order valence-corrected chi connectivity index (χ3v) is 12.0. The molecule has 0 saturated carbocycles. The van der Waals surface area contributed by atoms with Gasteiger partial charge in [0, 0.05) is 0 Å². The van der Waals surface area contributed by atoms with E-state index in [1.165, 1.54) is 5.56 Å². The summed E-state index contributed by atoms with van der Waals surface area (Å²) in [6, 6.07) is 10.3. The normalized spacial score (nSPS) is 23.1. The Labute approximate surface area is 167 Å². The summed E-state index contributed by atoms with van der Waals surface area (Å²) in [7, 11) is -1.80. The molecule has 0 radical (unpaired) electrons. The van der Waals surface area contributed by atoms with Crippen molar-refractivity contribution in [1.29, 1.82) is 0 Å². The molecule has 1 unspecified atom stereocenters. The fourth-order valence-corrected chi connectivity index (χ4v) is 9.84. The van der Waals surface area contributed by atoms with Crippen molar-refractivity contribution >= 4 is 8.32 Å². The SMILES string of the molecule is CC(C)[Si](OC/C=C\[C@]1(C)OC1COCc1ccccc1)(C(C)C)C(C)C. The molecule has 0 bridgehead atoms. The van der Waals surface area contributed by atoms with Gasteiger partial charge in [0.2, 0.25) is 8.32 Å². The highest BCUT2D eigenvalue weighted by Crippen LogP contribution is 2.42. The Morgan fingerprint density at radius 2 is 1.63 bits per heavy atom. The maximum absolute atomic E-state index is 6.58. The molecule has 152 valence electrons. The topological polar surface area (TPSA) is 31.0 Å². The van der Waals surface area contributed by atoms with Gasteiger partial charge in [-0.15, -0.1) is 0 Å². The van der Waals surface area contributed by atoms with Crippen molar-refractivity contribution in [2.75, 3.05) is 13.2 Å². The molecule has 1 aliphatic rings. The summed E-state index contributed by atoms with van der Waals surface area (Å²) >= 11 is 0. The Hall–Kier alpha value is -0.943. The molecule has 0 N–H and O–H groups in total. The van der Waals surface area contributed by atoms with Crippen molar-refractivity contribution in [3.05, 3.63) is 48.0 Å². The predicted molar refractivity (Wildman–Crippen MR) is 116 cm³/mol. The van der Waals surface area contributed by atoms with Crippen molar-refractivity contribution in [3.8, 4) is 0 Å². The van der Waals surface area contributed by atoms with Gasteiger partial charge in [-0.05, 0) is 29.1 Å². The van der Waals surface area contributed by atoms with Gasteiger partial charge in [-0.25, -0.2) is 0 Å². The maximum atomic E-state index is 6.58. The summed E-state index contributed by atoms with van der Waals surface area (Å²) in [4.78, 5) is 0. The van der Waals surface area contributed by atoms with Crippen molar-refractivity contribution in [2.45, 2.75) is 83.4 Å². The first kappa shape index (κ1) is 22.3. The van der Waals surface area contributed by atoms with Crippen LogP contribution in [0.15, 0.2) is 42.5 Å². The smallest absolute Gasteiger partial charge is 0.200 e. The quantitative estimate of drug-likeness (QED) is 0.259. The number of benzene rings is 1. The second kappa shape index (κ2) is 9.51. The highest BCUT2D eigenvalue weighted by molar-refractivity contribution is 6.77. The van der Waals surface area contributed by atoms with Crippen LogP contribution in [0.3, 0.4) is 0 Å². The van der Waals surface area contributed by atoms with Gasteiger partial charge in [0.1, 0.15) is 11.7 Å². The highest BCUT2D eigenvalue weighted by Gasteiger charge is 2.50. The second-order valence-corrected chi connectivity index (χ2v) is 14.3. The van der Waals surface area contributed by atoms with Crippen molar-refractivity contribution in [3.63, 3.8) is 0 Å². The summed E-state index contributed by atoms with van der Waals surface area (Å²) < 4.78 is 18.2. The summed E-state index contributed by atoms with van der Waals surface area (Å²) in [5, 5.41) is 0.